The molecule has 0 radical (unpaired) electrons. The van der Waals surface area contributed by atoms with Crippen LogP contribution in [0.5, 0.6) is 0 Å². The third-order valence-electron chi connectivity index (χ3n) is 5.28. The first-order chi connectivity index (χ1) is 15.0. The van der Waals surface area contributed by atoms with Crippen molar-refractivity contribution in [1.82, 2.24) is 10.6 Å². The Morgan fingerprint density at radius 3 is 2.65 bits per heavy atom. The molecule has 0 aliphatic carbocycles. The molecule has 31 heavy (non-hydrogen) atoms. The summed E-state index contributed by atoms with van der Waals surface area (Å²) >= 11 is 0. The predicted molar refractivity (Wildman–Crippen MR) is 119 cm³/mol. The molecule has 0 bridgehead atoms. The molecule has 2 aromatic carbocycles. The van der Waals surface area contributed by atoms with Crippen molar-refractivity contribution >= 4 is 23.6 Å². The van der Waals surface area contributed by atoms with Gasteiger partial charge in [-0.15, -0.1) is 0 Å². The Bertz CT molecular complexity index is 958. The highest BCUT2D eigenvalue weighted by atomic mass is 16.5. The zero-order valence-corrected chi connectivity index (χ0v) is 18.1. The zero-order chi connectivity index (χ0) is 22.2. The third-order valence-corrected chi connectivity index (χ3v) is 5.28. The first-order valence-corrected chi connectivity index (χ1v) is 10.7. The SMILES string of the molecule is CCOC(=O)CNC(=O)NCc1ccc(C(=O)N2CCCCc3ccccc32)c(C)c1. The predicted octanol–water partition coefficient (Wildman–Crippen LogP) is 3.34. The number of rotatable bonds is 6. The molecule has 3 rings (SSSR count). The highest BCUT2D eigenvalue weighted by molar-refractivity contribution is 6.07. The van der Waals surface area contributed by atoms with Crippen LogP contribution in [0.15, 0.2) is 42.5 Å². The quantitative estimate of drug-likeness (QED) is 0.698. The maximum atomic E-state index is 13.3. The largest absolute Gasteiger partial charge is 0.465 e. The van der Waals surface area contributed by atoms with Crippen LogP contribution in [-0.2, 0) is 22.5 Å². The van der Waals surface area contributed by atoms with E-state index in [9.17, 15) is 14.4 Å². The van der Waals surface area contributed by atoms with Crippen LogP contribution in [0.4, 0.5) is 10.5 Å². The van der Waals surface area contributed by atoms with Crippen molar-refractivity contribution in [2.75, 3.05) is 24.6 Å². The second-order valence-corrected chi connectivity index (χ2v) is 7.53. The van der Waals surface area contributed by atoms with Crippen LogP contribution in [0, 0.1) is 6.92 Å². The van der Waals surface area contributed by atoms with E-state index in [-0.39, 0.29) is 25.6 Å². The molecule has 0 atom stereocenters. The normalized spacial score (nSPS) is 13.0. The van der Waals surface area contributed by atoms with E-state index in [0.29, 0.717) is 12.1 Å². The second kappa shape index (κ2) is 10.6. The summed E-state index contributed by atoms with van der Waals surface area (Å²) in [7, 11) is 0. The molecule has 7 heteroatoms. The molecule has 0 saturated heterocycles. The van der Waals surface area contributed by atoms with Gasteiger partial charge in [-0.25, -0.2) is 4.79 Å². The maximum absolute atomic E-state index is 13.3. The highest BCUT2D eigenvalue weighted by Gasteiger charge is 2.23. The number of hydrogen-bond donors (Lipinski definition) is 2. The average molecular weight is 424 g/mol. The molecule has 0 spiro atoms. The van der Waals surface area contributed by atoms with E-state index >= 15 is 0 Å². The van der Waals surface area contributed by atoms with Gasteiger partial charge in [-0.2, -0.15) is 0 Å². The molecule has 1 aliphatic heterocycles. The standard InChI is InChI=1S/C24H29N3O4/c1-3-31-22(28)16-26-24(30)25-15-18-11-12-20(17(2)14-18)23(29)27-13-7-6-9-19-8-4-5-10-21(19)27/h4-5,8,10-12,14H,3,6-7,9,13,15-16H2,1-2H3,(H2,25,26,30). The number of aryl methyl sites for hydroxylation is 2. The van der Waals surface area contributed by atoms with Crippen LogP contribution < -0.4 is 15.5 Å². The summed E-state index contributed by atoms with van der Waals surface area (Å²) in [6.45, 7) is 4.70. The zero-order valence-electron chi connectivity index (χ0n) is 18.1. The van der Waals surface area contributed by atoms with E-state index < -0.39 is 12.0 Å². The fraction of sp³-hybridized carbons (Fsp3) is 0.375. The van der Waals surface area contributed by atoms with Gasteiger partial charge in [0.2, 0.25) is 0 Å². The lowest BCUT2D eigenvalue weighted by Gasteiger charge is -2.24. The fourth-order valence-electron chi connectivity index (χ4n) is 3.73. The van der Waals surface area contributed by atoms with Crippen LogP contribution in [0.1, 0.15) is 46.8 Å². The first-order valence-electron chi connectivity index (χ1n) is 10.7. The van der Waals surface area contributed by atoms with Gasteiger partial charge in [0.05, 0.1) is 6.61 Å². The van der Waals surface area contributed by atoms with E-state index in [2.05, 4.69) is 16.7 Å². The third kappa shape index (κ3) is 5.84. The van der Waals surface area contributed by atoms with Gasteiger partial charge in [-0.1, -0.05) is 30.3 Å². The van der Waals surface area contributed by atoms with Crippen molar-refractivity contribution in [3.05, 3.63) is 64.7 Å². The van der Waals surface area contributed by atoms with Crippen LogP contribution in [0.3, 0.4) is 0 Å². The number of amides is 3. The molecule has 1 heterocycles. The minimum Gasteiger partial charge on any atom is -0.465 e. The van der Waals surface area contributed by atoms with Crippen LogP contribution >= 0.6 is 0 Å². The van der Waals surface area contributed by atoms with Crippen molar-refractivity contribution in [2.24, 2.45) is 0 Å². The van der Waals surface area contributed by atoms with Crippen molar-refractivity contribution in [2.45, 2.75) is 39.7 Å². The van der Waals surface area contributed by atoms with Gasteiger partial charge in [0.25, 0.3) is 5.91 Å². The summed E-state index contributed by atoms with van der Waals surface area (Å²) in [4.78, 5) is 38.3. The van der Waals surface area contributed by atoms with E-state index in [0.717, 1.165) is 36.1 Å². The summed E-state index contributed by atoms with van der Waals surface area (Å²) in [6, 6.07) is 13.2. The summed E-state index contributed by atoms with van der Waals surface area (Å²) in [5, 5.41) is 5.16. The Hall–Kier alpha value is -3.35. The number of ether oxygens (including phenoxy) is 1. The summed E-state index contributed by atoms with van der Waals surface area (Å²) in [5.41, 5.74) is 4.59. The molecule has 0 fully saturated rings. The first kappa shape index (κ1) is 22.3. The van der Waals surface area contributed by atoms with Gasteiger partial charge in [0, 0.05) is 24.3 Å². The van der Waals surface area contributed by atoms with E-state index in [4.69, 9.17) is 4.74 Å². The fourth-order valence-corrected chi connectivity index (χ4v) is 3.73. The van der Waals surface area contributed by atoms with E-state index in [1.54, 1.807) is 6.92 Å². The Kier molecular flexibility index (Phi) is 7.65. The van der Waals surface area contributed by atoms with Gasteiger partial charge in [0.1, 0.15) is 6.54 Å². The molecule has 164 valence electrons. The molecule has 7 nitrogen and oxygen atoms in total. The Labute approximate surface area is 182 Å². The number of nitrogens with one attached hydrogen (secondary N) is 2. The number of anilines is 1. The number of fused-ring (bicyclic) bond motifs is 1. The van der Waals surface area contributed by atoms with Crippen molar-refractivity contribution in [3.8, 4) is 0 Å². The van der Waals surface area contributed by atoms with Crippen molar-refractivity contribution in [3.63, 3.8) is 0 Å². The molecular formula is C24H29N3O4. The number of esters is 1. The number of para-hydroxylation sites is 1. The van der Waals surface area contributed by atoms with Crippen LogP contribution in [0.25, 0.3) is 0 Å². The summed E-state index contributed by atoms with van der Waals surface area (Å²) in [5.74, 6) is -0.481. The average Bonchev–Trinajstić information content (AvgIpc) is 2.99. The number of benzene rings is 2. The molecule has 1 aliphatic rings. The van der Waals surface area contributed by atoms with Crippen molar-refractivity contribution in [1.29, 1.82) is 0 Å². The molecule has 3 amide bonds. The number of carbonyl (C=O) groups excluding carboxylic acids is 3. The Morgan fingerprint density at radius 1 is 1.06 bits per heavy atom. The van der Waals surface area contributed by atoms with Gasteiger partial charge in [-0.3, -0.25) is 9.59 Å². The molecule has 0 unspecified atom stereocenters. The molecule has 0 aromatic heterocycles. The maximum Gasteiger partial charge on any atom is 0.325 e. The minimum atomic E-state index is -0.480. The molecule has 2 aromatic rings. The second-order valence-electron chi connectivity index (χ2n) is 7.53. The monoisotopic (exact) mass is 423 g/mol. The Morgan fingerprint density at radius 2 is 1.87 bits per heavy atom. The van der Waals surface area contributed by atoms with Crippen molar-refractivity contribution < 1.29 is 19.1 Å². The number of nitrogens with zero attached hydrogens (tertiary/aromatic N) is 1. The van der Waals surface area contributed by atoms with E-state index in [1.165, 1.54) is 5.56 Å². The van der Waals surface area contributed by atoms with Crippen LogP contribution in [0.2, 0.25) is 0 Å². The number of urea groups is 1. The van der Waals surface area contributed by atoms with E-state index in [1.807, 2.05) is 48.2 Å². The van der Waals surface area contributed by atoms with Gasteiger partial charge < -0.3 is 20.3 Å². The molecular weight excluding hydrogens is 394 g/mol. The lowest BCUT2D eigenvalue weighted by molar-refractivity contribution is -0.141. The van der Waals surface area contributed by atoms with Crippen LogP contribution in [-0.4, -0.2) is 37.6 Å². The molecule has 2 N–H and O–H groups in total. The lowest BCUT2D eigenvalue weighted by atomic mass is 10.0. The van der Waals surface area contributed by atoms with Gasteiger partial charge in [0.15, 0.2) is 0 Å². The Balaban J connectivity index is 1.64. The van der Waals surface area contributed by atoms with Gasteiger partial charge >= 0.3 is 12.0 Å². The smallest absolute Gasteiger partial charge is 0.325 e. The number of carbonyl (C=O) groups is 3. The minimum absolute atomic E-state index is 0.00135. The highest BCUT2D eigenvalue weighted by Crippen LogP contribution is 2.28. The topological polar surface area (TPSA) is 87.7 Å². The van der Waals surface area contributed by atoms with Gasteiger partial charge in [-0.05, 0) is 61.9 Å². The summed E-state index contributed by atoms with van der Waals surface area (Å²) in [6.07, 6.45) is 3.03. The lowest BCUT2D eigenvalue weighted by Crippen LogP contribution is -2.38. The number of hydrogen-bond acceptors (Lipinski definition) is 4. The molecule has 0 saturated carbocycles. The summed E-state index contributed by atoms with van der Waals surface area (Å²) < 4.78 is 4.77.